The molecule has 1 aromatic carbocycles. The Labute approximate surface area is 104 Å². The Hall–Kier alpha value is -2.62. The van der Waals surface area contributed by atoms with Crippen LogP contribution in [0.2, 0.25) is 0 Å². The average molecular weight is 237 g/mol. The van der Waals surface area contributed by atoms with E-state index in [2.05, 4.69) is 9.97 Å². The van der Waals surface area contributed by atoms with Gasteiger partial charge in [-0.05, 0) is 36.4 Å². The number of anilines is 1. The van der Waals surface area contributed by atoms with E-state index in [9.17, 15) is 0 Å². The minimum atomic E-state index is 0.674. The van der Waals surface area contributed by atoms with Gasteiger partial charge in [-0.2, -0.15) is 0 Å². The molecular formula is C14H11N3O. The quantitative estimate of drug-likeness (QED) is 0.696. The molecule has 0 bridgehead atoms. The highest BCUT2D eigenvalue weighted by atomic mass is 16.5. The first-order valence-electron chi connectivity index (χ1n) is 5.56. The fraction of sp³-hybridized carbons (Fsp3) is 0. The second-order valence-corrected chi connectivity index (χ2v) is 3.84. The number of nitrogens with two attached hydrogens (primary N) is 1. The van der Waals surface area contributed by atoms with Crippen molar-refractivity contribution < 1.29 is 4.74 Å². The molecule has 2 aromatic heterocycles. The van der Waals surface area contributed by atoms with Crippen LogP contribution in [0.15, 0.2) is 55.0 Å². The summed E-state index contributed by atoms with van der Waals surface area (Å²) >= 11 is 0. The van der Waals surface area contributed by atoms with Gasteiger partial charge >= 0.3 is 0 Å². The lowest BCUT2D eigenvalue weighted by Crippen LogP contribution is -1.92. The molecule has 0 radical (unpaired) electrons. The minimum Gasteiger partial charge on any atom is -0.453 e. The van der Waals surface area contributed by atoms with Crippen molar-refractivity contribution in [1.82, 2.24) is 9.97 Å². The molecule has 0 aliphatic rings. The van der Waals surface area contributed by atoms with Gasteiger partial charge in [-0.3, -0.25) is 9.97 Å². The molecule has 0 saturated carbocycles. The first kappa shape index (κ1) is 10.5. The zero-order valence-electron chi connectivity index (χ0n) is 9.58. The molecule has 0 fully saturated rings. The lowest BCUT2D eigenvalue weighted by molar-refractivity contribution is 0.485. The van der Waals surface area contributed by atoms with Crippen LogP contribution in [-0.2, 0) is 0 Å². The highest BCUT2D eigenvalue weighted by molar-refractivity contribution is 5.94. The zero-order chi connectivity index (χ0) is 12.4. The summed E-state index contributed by atoms with van der Waals surface area (Å²) in [7, 11) is 0. The van der Waals surface area contributed by atoms with E-state index >= 15 is 0 Å². The van der Waals surface area contributed by atoms with Crippen molar-refractivity contribution in [2.24, 2.45) is 0 Å². The fourth-order valence-electron chi connectivity index (χ4n) is 1.79. The van der Waals surface area contributed by atoms with E-state index in [0.717, 1.165) is 10.9 Å². The van der Waals surface area contributed by atoms with Crippen LogP contribution in [0.3, 0.4) is 0 Å². The standard InChI is InChI=1S/C14H11N3O/c15-12-5-6-13(14-11(12)4-2-8-17-14)18-10-3-1-7-16-9-10/h1-9H,15H2. The number of ether oxygens (including phenoxy) is 1. The Morgan fingerprint density at radius 2 is 1.89 bits per heavy atom. The van der Waals surface area contributed by atoms with Gasteiger partial charge in [0.1, 0.15) is 11.3 Å². The minimum absolute atomic E-state index is 0.674. The van der Waals surface area contributed by atoms with Crippen LogP contribution in [0, 0.1) is 0 Å². The Morgan fingerprint density at radius 3 is 2.72 bits per heavy atom. The second kappa shape index (κ2) is 4.33. The largest absolute Gasteiger partial charge is 0.453 e. The summed E-state index contributed by atoms with van der Waals surface area (Å²) in [5, 5.41) is 0.888. The molecule has 0 atom stereocenters. The molecule has 2 heterocycles. The molecule has 0 spiro atoms. The van der Waals surface area contributed by atoms with Crippen molar-refractivity contribution in [3.8, 4) is 11.5 Å². The monoisotopic (exact) mass is 237 g/mol. The Balaban J connectivity index is 2.10. The van der Waals surface area contributed by atoms with E-state index in [0.29, 0.717) is 17.2 Å². The van der Waals surface area contributed by atoms with Gasteiger partial charge < -0.3 is 10.5 Å². The van der Waals surface area contributed by atoms with Gasteiger partial charge in [0.15, 0.2) is 5.75 Å². The zero-order valence-corrected chi connectivity index (χ0v) is 9.58. The summed E-state index contributed by atoms with van der Waals surface area (Å²) in [6.07, 6.45) is 5.08. The molecule has 3 aromatic rings. The van der Waals surface area contributed by atoms with Gasteiger partial charge in [0.2, 0.25) is 0 Å². The summed E-state index contributed by atoms with van der Waals surface area (Å²) < 4.78 is 5.77. The van der Waals surface area contributed by atoms with E-state index in [1.807, 2.05) is 36.4 Å². The number of hydrogen-bond donors (Lipinski definition) is 1. The summed E-state index contributed by atoms with van der Waals surface area (Å²) in [6, 6.07) is 11.1. The topological polar surface area (TPSA) is 61.0 Å². The van der Waals surface area contributed by atoms with Gasteiger partial charge in [-0.1, -0.05) is 0 Å². The molecule has 88 valence electrons. The molecule has 0 amide bonds. The number of fused-ring (bicyclic) bond motifs is 1. The van der Waals surface area contributed by atoms with E-state index in [1.54, 1.807) is 18.6 Å². The summed E-state index contributed by atoms with van der Waals surface area (Å²) in [5.41, 5.74) is 7.35. The van der Waals surface area contributed by atoms with Crippen molar-refractivity contribution in [3.63, 3.8) is 0 Å². The molecular weight excluding hydrogens is 226 g/mol. The summed E-state index contributed by atoms with van der Waals surface area (Å²) in [6.45, 7) is 0. The van der Waals surface area contributed by atoms with Gasteiger partial charge in [-0.15, -0.1) is 0 Å². The lowest BCUT2D eigenvalue weighted by atomic mass is 10.1. The average Bonchev–Trinajstić information content (AvgIpc) is 2.44. The van der Waals surface area contributed by atoms with Crippen molar-refractivity contribution in [3.05, 3.63) is 55.0 Å². The molecule has 0 aliphatic carbocycles. The van der Waals surface area contributed by atoms with E-state index in [-0.39, 0.29) is 0 Å². The number of rotatable bonds is 2. The lowest BCUT2D eigenvalue weighted by Gasteiger charge is -2.09. The van der Waals surface area contributed by atoms with Gasteiger partial charge in [0, 0.05) is 23.5 Å². The molecule has 0 aliphatic heterocycles. The number of hydrogen-bond acceptors (Lipinski definition) is 4. The number of nitrogen functional groups attached to an aromatic ring is 1. The highest BCUT2D eigenvalue weighted by Gasteiger charge is 2.06. The normalized spacial score (nSPS) is 10.4. The van der Waals surface area contributed by atoms with Crippen molar-refractivity contribution in [2.75, 3.05) is 5.73 Å². The number of benzene rings is 1. The molecule has 2 N–H and O–H groups in total. The molecule has 4 heteroatoms. The van der Waals surface area contributed by atoms with E-state index < -0.39 is 0 Å². The molecule has 0 saturated heterocycles. The van der Waals surface area contributed by atoms with Crippen LogP contribution in [0.5, 0.6) is 11.5 Å². The Kier molecular flexibility index (Phi) is 2.53. The summed E-state index contributed by atoms with van der Waals surface area (Å²) in [4.78, 5) is 8.32. The Morgan fingerprint density at radius 1 is 1.00 bits per heavy atom. The maximum Gasteiger partial charge on any atom is 0.153 e. The molecule has 18 heavy (non-hydrogen) atoms. The third kappa shape index (κ3) is 1.84. The SMILES string of the molecule is Nc1ccc(Oc2cccnc2)c2ncccc12. The first-order valence-corrected chi connectivity index (χ1v) is 5.56. The van der Waals surface area contributed by atoms with Crippen LogP contribution in [0.1, 0.15) is 0 Å². The number of aromatic nitrogens is 2. The van der Waals surface area contributed by atoms with Crippen molar-refractivity contribution >= 4 is 16.6 Å². The fourth-order valence-corrected chi connectivity index (χ4v) is 1.79. The maximum atomic E-state index is 5.91. The van der Waals surface area contributed by atoms with E-state index in [4.69, 9.17) is 10.5 Å². The smallest absolute Gasteiger partial charge is 0.153 e. The number of nitrogens with zero attached hydrogens (tertiary/aromatic N) is 2. The number of pyridine rings is 2. The summed E-state index contributed by atoms with van der Waals surface area (Å²) in [5.74, 6) is 1.35. The third-order valence-corrected chi connectivity index (χ3v) is 2.63. The van der Waals surface area contributed by atoms with Crippen molar-refractivity contribution in [2.45, 2.75) is 0 Å². The molecule has 3 rings (SSSR count). The van der Waals surface area contributed by atoms with Gasteiger partial charge in [0.25, 0.3) is 0 Å². The van der Waals surface area contributed by atoms with Crippen LogP contribution in [0.4, 0.5) is 5.69 Å². The van der Waals surface area contributed by atoms with Crippen LogP contribution >= 0.6 is 0 Å². The van der Waals surface area contributed by atoms with Crippen LogP contribution in [0.25, 0.3) is 10.9 Å². The van der Waals surface area contributed by atoms with Crippen LogP contribution in [-0.4, -0.2) is 9.97 Å². The second-order valence-electron chi connectivity index (χ2n) is 3.84. The molecule has 0 unspecified atom stereocenters. The first-order chi connectivity index (χ1) is 8.84. The van der Waals surface area contributed by atoms with Crippen LogP contribution < -0.4 is 10.5 Å². The Bertz CT molecular complexity index is 683. The highest BCUT2D eigenvalue weighted by Crippen LogP contribution is 2.31. The molecule has 4 nitrogen and oxygen atoms in total. The predicted molar refractivity (Wildman–Crippen MR) is 70.5 cm³/mol. The van der Waals surface area contributed by atoms with E-state index in [1.165, 1.54) is 0 Å². The maximum absolute atomic E-state index is 5.91. The third-order valence-electron chi connectivity index (χ3n) is 2.63. The van der Waals surface area contributed by atoms with Crippen molar-refractivity contribution in [1.29, 1.82) is 0 Å². The van der Waals surface area contributed by atoms with Gasteiger partial charge in [0.05, 0.1) is 6.20 Å². The van der Waals surface area contributed by atoms with Gasteiger partial charge in [-0.25, -0.2) is 0 Å². The predicted octanol–water partition coefficient (Wildman–Crippen LogP) is 3.00.